The highest BCUT2D eigenvalue weighted by Gasteiger charge is 2.29. The van der Waals surface area contributed by atoms with Crippen molar-refractivity contribution in [2.75, 3.05) is 30.0 Å². The first-order valence-corrected chi connectivity index (χ1v) is 11.0. The molecule has 2 aromatic carbocycles. The summed E-state index contributed by atoms with van der Waals surface area (Å²) in [6.07, 6.45) is 0.938. The molecule has 0 aliphatic carbocycles. The van der Waals surface area contributed by atoms with E-state index in [2.05, 4.69) is 10.0 Å². The Hall–Kier alpha value is -2.79. The highest BCUT2D eigenvalue weighted by molar-refractivity contribution is 7.93. The van der Waals surface area contributed by atoms with Gasteiger partial charge in [-0.1, -0.05) is 0 Å². The van der Waals surface area contributed by atoms with Crippen LogP contribution < -0.4 is 19.5 Å². The molecule has 0 fully saturated rings. The quantitative estimate of drug-likeness (QED) is 0.756. The maximum Gasteiger partial charge on any atom is 0.265 e. The van der Waals surface area contributed by atoms with Crippen LogP contribution in [0.25, 0.3) is 0 Å². The minimum absolute atomic E-state index is 0.0238. The van der Waals surface area contributed by atoms with Crippen LogP contribution in [0.15, 0.2) is 46.2 Å². The zero-order valence-corrected chi connectivity index (χ0v) is 16.0. The van der Waals surface area contributed by atoms with Crippen molar-refractivity contribution in [3.63, 3.8) is 0 Å². The Kier molecular flexibility index (Phi) is 4.74. The van der Waals surface area contributed by atoms with Crippen LogP contribution in [0.1, 0.15) is 0 Å². The standard InChI is InChI=1S/C16H16N2O7S2/c1-24-11-5-3-10(4-6-11)18-27(22,23)14-8-12(26(2,20)21)7-13-16(14)25-9-15(19)17-13/h3-8,18H,9H2,1-2H3,(H,17,19). The smallest absolute Gasteiger partial charge is 0.265 e. The Balaban J connectivity index is 2.10. The van der Waals surface area contributed by atoms with Gasteiger partial charge in [0, 0.05) is 11.9 Å². The number of sulfone groups is 1. The van der Waals surface area contributed by atoms with Crippen molar-refractivity contribution in [3.05, 3.63) is 36.4 Å². The molecule has 11 heteroatoms. The number of nitrogens with one attached hydrogen (secondary N) is 2. The number of ether oxygens (including phenoxy) is 2. The molecule has 3 rings (SSSR count). The summed E-state index contributed by atoms with van der Waals surface area (Å²) in [5.41, 5.74) is 0.221. The lowest BCUT2D eigenvalue weighted by atomic mass is 10.2. The number of anilines is 2. The van der Waals surface area contributed by atoms with Gasteiger partial charge in [0.1, 0.15) is 10.6 Å². The summed E-state index contributed by atoms with van der Waals surface area (Å²) >= 11 is 0. The number of sulfonamides is 1. The van der Waals surface area contributed by atoms with Crippen LogP contribution in [0, 0.1) is 0 Å². The van der Waals surface area contributed by atoms with E-state index in [0.29, 0.717) is 5.75 Å². The molecule has 0 aromatic heterocycles. The van der Waals surface area contributed by atoms with Crippen LogP contribution in [-0.2, 0) is 24.7 Å². The Morgan fingerprint density at radius 2 is 1.78 bits per heavy atom. The summed E-state index contributed by atoms with van der Waals surface area (Å²) in [5, 5.41) is 2.43. The Bertz CT molecular complexity index is 1110. The fraction of sp³-hybridized carbons (Fsp3) is 0.188. The minimum Gasteiger partial charge on any atom is -0.497 e. The van der Waals surface area contributed by atoms with E-state index in [0.717, 1.165) is 18.4 Å². The number of methoxy groups -OCH3 is 1. The highest BCUT2D eigenvalue weighted by Crippen LogP contribution is 2.38. The summed E-state index contributed by atoms with van der Waals surface area (Å²) in [4.78, 5) is 10.9. The molecule has 0 unspecified atom stereocenters. The van der Waals surface area contributed by atoms with Gasteiger partial charge in [0.15, 0.2) is 22.2 Å². The van der Waals surface area contributed by atoms with Crippen LogP contribution in [0.2, 0.25) is 0 Å². The summed E-state index contributed by atoms with van der Waals surface area (Å²) < 4.78 is 62.2. The SMILES string of the molecule is COc1ccc(NS(=O)(=O)c2cc(S(C)(=O)=O)cc3c2OCC(=O)N3)cc1. The first-order valence-electron chi connectivity index (χ1n) is 7.58. The van der Waals surface area contributed by atoms with Gasteiger partial charge in [-0.2, -0.15) is 0 Å². The van der Waals surface area contributed by atoms with E-state index in [1.165, 1.54) is 19.2 Å². The molecule has 0 spiro atoms. The third kappa shape index (κ3) is 3.98. The number of carbonyl (C=O) groups is 1. The molecule has 1 amide bonds. The molecule has 1 aliphatic heterocycles. The molecule has 2 N–H and O–H groups in total. The minimum atomic E-state index is -4.21. The van der Waals surface area contributed by atoms with E-state index in [9.17, 15) is 21.6 Å². The van der Waals surface area contributed by atoms with Gasteiger partial charge in [0.25, 0.3) is 15.9 Å². The Labute approximate surface area is 156 Å². The normalized spacial score (nSPS) is 13.9. The molecular weight excluding hydrogens is 396 g/mol. The van der Waals surface area contributed by atoms with Gasteiger partial charge in [-0.15, -0.1) is 0 Å². The van der Waals surface area contributed by atoms with Gasteiger partial charge in [0.05, 0.1) is 17.7 Å². The zero-order valence-electron chi connectivity index (χ0n) is 14.3. The summed E-state index contributed by atoms with van der Waals surface area (Å²) in [6.45, 7) is -0.379. The Morgan fingerprint density at radius 3 is 2.37 bits per heavy atom. The number of hydrogen-bond donors (Lipinski definition) is 2. The fourth-order valence-corrected chi connectivity index (χ4v) is 4.42. The number of benzene rings is 2. The lowest BCUT2D eigenvalue weighted by Gasteiger charge is -2.22. The number of fused-ring (bicyclic) bond motifs is 1. The second-order valence-corrected chi connectivity index (χ2v) is 9.41. The second-order valence-electron chi connectivity index (χ2n) is 5.74. The highest BCUT2D eigenvalue weighted by atomic mass is 32.2. The van der Waals surface area contributed by atoms with Gasteiger partial charge >= 0.3 is 0 Å². The van der Waals surface area contributed by atoms with Crippen molar-refractivity contribution in [3.8, 4) is 11.5 Å². The topological polar surface area (TPSA) is 128 Å². The fourth-order valence-electron chi connectivity index (χ4n) is 2.43. The van der Waals surface area contributed by atoms with Crippen LogP contribution >= 0.6 is 0 Å². The Morgan fingerprint density at radius 1 is 1.11 bits per heavy atom. The summed E-state index contributed by atoms with van der Waals surface area (Å²) in [7, 11) is -6.46. The lowest BCUT2D eigenvalue weighted by Crippen LogP contribution is -2.27. The number of rotatable bonds is 5. The number of carbonyl (C=O) groups excluding carboxylic acids is 1. The van der Waals surface area contributed by atoms with E-state index in [-0.39, 0.29) is 28.6 Å². The van der Waals surface area contributed by atoms with Crippen molar-refractivity contribution < 1.29 is 31.1 Å². The number of amides is 1. The molecule has 2 aromatic rings. The molecule has 0 saturated heterocycles. The van der Waals surface area contributed by atoms with E-state index < -0.39 is 30.7 Å². The molecule has 1 aliphatic rings. The maximum atomic E-state index is 12.9. The largest absolute Gasteiger partial charge is 0.497 e. The van der Waals surface area contributed by atoms with Gasteiger partial charge in [-0.3, -0.25) is 9.52 Å². The first-order chi connectivity index (χ1) is 12.6. The molecular formula is C16H16N2O7S2. The van der Waals surface area contributed by atoms with Crippen molar-refractivity contribution in [1.82, 2.24) is 0 Å². The van der Waals surface area contributed by atoms with Crippen LogP contribution in [-0.4, -0.2) is 42.7 Å². The third-order valence-electron chi connectivity index (χ3n) is 3.71. The zero-order chi connectivity index (χ0) is 19.8. The molecule has 0 atom stereocenters. The summed E-state index contributed by atoms with van der Waals surface area (Å²) in [6, 6.07) is 8.28. The maximum absolute atomic E-state index is 12.9. The van der Waals surface area contributed by atoms with Crippen LogP contribution in [0.3, 0.4) is 0 Å². The van der Waals surface area contributed by atoms with Crippen LogP contribution in [0.4, 0.5) is 11.4 Å². The molecule has 0 bridgehead atoms. The van der Waals surface area contributed by atoms with Crippen molar-refractivity contribution in [1.29, 1.82) is 0 Å². The van der Waals surface area contributed by atoms with E-state index in [4.69, 9.17) is 9.47 Å². The lowest BCUT2D eigenvalue weighted by molar-refractivity contribution is -0.118. The van der Waals surface area contributed by atoms with Crippen molar-refractivity contribution >= 4 is 37.1 Å². The molecule has 9 nitrogen and oxygen atoms in total. The molecule has 144 valence electrons. The summed E-state index contributed by atoms with van der Waals surface area (Å²) in [5.74, 6) is -0.0944. The molecule has 1 heterocycles. The van der Waals surface area contributed by atoms with Gasteiger partial charge in [-0.25, -0.2) is 16.8 Å². The second kappa shape index (κ2) is 6.74. The van der Waals surface area contributed by atoms with Crippen LogP contribution in [0.5, 0.6) is 11.5 Å². The average Bonchev–Trinajstić information content (AvgIpc) is 2.60. The molecule has 27 heavy (non-hydrogen) atoms. The predicted molar refractivity (Wildman–Crippen MR) is 97.5 cm³/mol. The van der Waals surface area contributed by atoms with E-state index in [1.807, 2.05) is 0 Å². The van der Waals surface area contributed by atoms with Gasteiger partial charge in [0.2, 0.25) is 0 Å². The monoisotopic (exact) mass is 412 g/mol. The van der Waals surface area contributed by atoms with E-state index >= 15 is 0 Å². The van der Waals surface area contributed by atoms with Crippen molar-refractivity contribution in [2.45, 2.75) is 9.79 Å². The molecule has 0 saturated carbocycles. The van der Waals surface area contributed by atoms with Gasteiger partial charge in [-0.05, 0) is 36.4 Å². The third-order valence-corrected chi connectivity index (χ3v) is 6.19. The number of hydrogen-bond acceptors (Lipinski definition) is 7. The average molecular weight is 412 g/mol. The first kappa shape index (κ1) is 19.0. The molecule has 0 radical (unpaired) electrons. The van der Waals surface area contributed by atoms with E-state index in [1.54, 1.807) is 12.1 Å². The predicted octanol–water partition coefficient (Wildman–Crippen LogP) is 1.23. The van der Waals surface area contributed by atoms with Gasteiger partial charge < -0.3 is 14.8 Å². The van der Waals surface area contributed by atoms with Crippen molar-refractivity contribution in [2.24, 2.45) is 0 Å².